The molecule has 0 radical (unpaired) electrons. The second kappa shape index (κ2) is 14.0. The van der Waals surface area contributed by atoms with Gasteiger partial charge in [0.25, 0.3) is 10.0 Å². The van der Waals surface area contributed by atoms with Gasteiger partial charge in [-0.1, -0.05) is 85.8 Å². The van der Waals surface area contributed by atoms with Gasteiger partial charge in [-0.25, -0.2) is 8.42 Å². The molecule has 1 aliphatic carbocycles. The average Bonchev–Trinajstić information content (AvgIpc) is 2.97. The summed E-state index contributed by atoms with van der Waals surface area (Å²) in [6, 6.07) is 21.5. The summed E-state index contributed by atoms with van der Waals surface area (Å²) in [6.45, 7) is 3.56. The Morgan fingerprint density at radius 3 is 2.27 bits per heavy atom. The third kappa shape index (κ3) is 7.89. The predicted molar refractivity (Wildman–Crippen MR) is 163 cm³/mol. The molecule has 3 aromatic carbocycles. The minimum Gasteiger partial charge on any atom is -0.352 e. The van der Waals surface area contributed by atoms with E-state index in [0.29, 0.717) is 17.1 Å². The molecule has 7 nitrogen and oxygen atoms in total. The maximum atomic E-state index is 14.2. The Balaban J connectivity index is 1.68. The fourth-order valence-electron chi connectivity index (χ4n) is 5.33. The number of carbonyl (C=O) groups is 2. The molecule has 2 amide bonds. The van der Waals surface area contributed by atoms with E-state index in [9.17, 15) is 18.0 Å². The lowest BCUT2D eigenvalue weighted by Crippen LogP contribution is -2.54. The number of aryl methyl sites for hydroxylation is 1. The van der Waals surface area contributed by atoms with Gasteiger partial charge in [0.05, 0.1) is 10.6 Å². The summed E-state index contributed by atoms with van der Waals surface area (Å²) in [6.07, 6.45) is 5.55. The molecule has 1 aliphatic rings. The first-order valence-corrected chi connectivity index (χ1v) is 16.0. The Labute approximate surface area is 248 Å². The molecule has 0 aliphatic heterocycles. The number of amides is 2. The summed E-state index contributed by atoms with van der Waals surface area (Å²) in [4.78, 5) is 29.3. The summed E-state index contributed by atoms with van der Waals surface area (Å²) < 4.78 is 28.9. The molecule has 1 saturated carbocycles. The minimum absolute atomic E-state index is 0.0193. The van der Waals surface area contributed by atoms with Gasteiger partial charge in [-0.2, -0.15) is 0 Å². The minimum atomic E-state index is -4.13. The second-order valence-electron chi connectivity index (χ2n) is 10.6. The van der Waals surface area contributed by atoms with Crippen molar-refractivity contribution in [2.24, 2.45) is 0 Å². The zero-order chi connectivity index (χ0) is 29.4. The van der Waals surface area contributed by atoms with Crippen LogP contribution in [0, 0.1) is 6.92 Å². The Hall–Kier alpha value is -3.36. The monoisotopic (exact) mass is 595 g/mol. The first-order chi connectivity index (χ1) is 19.7. The van der Waals surface area contributed by atoms with Gasteiger partial charge in [-0.3, -0.25) is 13.9 Å². The number of rotatable bonds is 11. The van der Waals surface area contributed by atoms with E-state index in [0.717, 1.165) is 41.1 Å². The van der Waals surface area contributed by atoms with Crippen molar-refractivity contribution in [3.63, 3.8) is 0 Å². The quantitative estimate of drug-likeness (QED) is 0.290. The molecule has 0 aromatic heterocycles. The van der Waals surface area contributed by atoms with Crippen LogP contribution < -0.4 is 9.62 Å². The van der Waals surface area contributed by atoms with Gasteiger partial charge >= 0.3 is 0 Å². The summed E-state index contributed by atoms with van der Waals surface area (Å²) in [5.74, 6) is -0.661. The van der Waals surface area contributed by atoms with Crippen molar-refractivity contribution in [1.82, 2.24) is 10.2 Å². The lowest BCUT2D eigenvalue weighted by molar-refractivity contribution is -0.140. The van der Waals surface area contributed by atoms with Crippen molar-refractivity contribution in [3.8, 4) is 0 Å². The number of anilines is 1. The molecule has 4 rings (SSSR count). The largest absolute Gasteiger partial charge is 0.352 e. The molecule has 0 bridgehead atoms. The molecule has 9 heteroatoms. The highest BCUT2D eigenvalue weighted by Crippen LogP contribution is 2.26. The van der Waals surface area contributed by atoms with Crippen molar-refractivity contribution < 1.29 is 18.0 Å². The van der Waals surface area contributed by atoms with Crippen LogP contribution in [0.2, 0.25) is 5.02 Å². The zero-order valence-corrected chi connectivity index (χ0v) is 25.2. The smallest absolute Gasteiger partial charge is 0.264 e. The number of hydrogen-bond donors (Lipinski definition) is 1. The molecular weight excluding hydrogens is 558 g/mol. The van der Waals surface area contributed by atoms with E-state index in [2.05, 4.69) is 5.32 Å². The summed E-state index contributed by atoms with van der Waals surface area (Å²) in [5, 5.41) is 3.58. The SMILES string of the molecule is CCC(C(=O)NC1CCCCC1)N(Cc1cccc(C)c1)C(=O)CN(c1ccccc1)S(=O)(=O)c1ccc(Cl)cc1. The molecule has 1 fully saturated rings. The first kappa shape index (κ1) is 30.6. The Morgan fingerprint density at radius 2 is 1.63 bits per heavy atom. The third-order valence-corrected chi connectivity index (χ3v) is 9.54. The third-order valence-electron chi connectivity index (χ3n) is 7.50. The van der Waals surface area contributed by atoms with E-state index < -0.39 is 28.5 Å². The Kier molecular flexibility index (Phi) is 10.5. The van der Waals surface area contributed by atoms with Crippen molar-refractivity contribution in [3.05, 3.63) is 95.0 Å². The van der Waals surface area contributed by atoms with Gasteiger partial charge in [-0.15, -0.1) is 0 Å². The van der Waals surface area contributed by atoms with Crippen molar-refractivity contribution >= 4 is 39.1 Å². The number of nitrogens with one attached hydrogen (secondary N) is 1. The lowest BCUT2D eigenvalue weighted by Gasteiger charge is -2.34. The van der Waals surface area contributed by atoms with Crippen LogP contribution in [-0.4, -0.2) is 43.8 Å². The fourth-order valence-corrected chi connectivity index (χ4v) is 6.87. The molecule has 0 saturated heterocycles. The fraction of sp³-hybridized carbons (Fsp3) is 0.375. The molecular formula is C32H38ClN3O4S. The van der Waals surface area contributed by atoms with Crippen molar-refractivity contribution in [2.45, 2.75) is 75.9 Å². The number of benzene rings is 3. The van der Waals surface area contributed by atoms with E-state index in [1.54, 1.807) is 30.3 Å². The zero-order valence-electron chi connectivity index (χ0n) is 23.6. The topological polar surface area (TPSA) is 86.8 Å². The lowest BCUT2D eigenvalue weighted by atomic mass is 9.95. The molecule has 41 heavy (non-hydrogen) atoms. The standard InChI is InChI=1S/C32H38ClN3O4S/c1-3-30(32(38)34-27-13-6-4-7-14-27)35(22-25-12-10-11-24(2)21-25)31(37)23-36(28-15-8-5-9-16-28)41(39,40)29-19-17-26(33)18-20-29/h5,8-12,15-21,27,30H,3-4,6-7,13-14,22-23H2,1-2H3,(H,34,38). The molecule has 0 spiro atoms. The predicted octanol–water partition coefficient (Wildman–Crippen LogP) is 6.10. The van der Waals surface area contributed by atoms with Crippen LogP contribution in [0.1, 0.15) is 56.6 Å². The van der Waals surface area contributed by atoms with Gasteiger partial charge in [0.2, 0.25) is 11.8 Å². The van der Waals surface area contributed by atoms with Crippen LogP contribution in [-0.2, 0) is 26.2 Å². The first-order valence-electron chi connectivity index (χ1n) is 14.2. The second-order valence-corrected chi connectivity index (χ2v) is 12.9. The molecule has 1 unspecified atom stereocenters. The number of carbonyl (C=O) groups excluding carboxylic acids is 2. The van der Waals surface area contributed by atoms with Crippen molar-refractivity contribution in [2.75, 3.05) is 10.8 Å². The average molecular weight is 596 g/mol. The van der Waals surface area contributed by atoms with Gasteiger partial charge in [-0.05, 0) is 68.1 Å². The van der Waals surface area contributed by atoms with Gasteiger partial charge in [0.15, 0.2) is 0 Å². The highest BCUT2D eigenvalue weighted by molar-refractivity contribution is 7.92. The molecule has 218 valence electrons. The van der Waals surface area contributed by atoms with E-state index in [1.165, 1.54) is 35.6 Å². The van der Waals surface area contributed by atoms with Gasteiger partial charge < -0.3 is 10.2 Å². The number of para-hydroxylation sites is 1. The number of hydrogen-bond acceptors (Lipinski definition) is 4. The highest BCUT2D eigenvalue weighted by Gasteiger charge is 2.34. The van der Waals surface area contributed by atoms with Crippen LogP contribution in [0.4, 0.5) is 5.69 Å². The summed E-state index contributed by atoms with van der Waals surface area (Å²) in [7, 11) is -4.13. The molecule has 0 heterocycles. The maximum absolute atomic E-state index is 14.2. The number of halogens is 1. The Bertz CT molecular complexity index is 1420. The van der Waals surface area contributed by atoms with Crippen LogP contribution in [0.15, 0.2) is 83.8 Å². The molecule has 3 aromatic rings. The van der Waals surface area contributed by atoms with E-state index >= 15 is 0 Å². The summed E-state index contributed by atoms with van der Waals surface area (Å²) in [5.41, 5.74) is 2.26. The van der Waals surface area contributed by atoms with Crippen molar-refractivity contribution in [1.29, 1.82) is 0 Å². The van der Waals surface area contributed by atoms with Crippen LogP contribution in [0.25, 0.3) is 0 Å². The van der Waals surface area contributed by atoms with E-state index in [-0.39, 0.29) is 23.4 Å². The van der Waals surface area contributed by atoms with Crippen LogP contribution in [0.3, 0.4) is 0 Å². The van der Waals surface area contributed by atoms with Gasteiger partial charge in [0, 0.05) is 17.6 Å². The highest BCUT2D eigenvalue weighted by atomic mass is 35.5. The number of nitrogens with zero attached hydrogens (tertiary/aromatic N) is 2. The number of sulfonamides is 1. The maximum Gasteiger partial charge on any atom is 0.264 e. The molecule has 1 N–H and O–H groups in total. The normalized spacial score (nSPS) is 14.7. The van der Waals surface area contributed by atoms with Gasteiger partial charge in [0.1, 0.15) is 12.6 Å². The van der Waals surface area contributed by atoms with Crippen LogP contribution in [0.5, 0.6) is 0 Å². The van der Waals surface area contributed by atoms with Crippen LogP contribution >= 0.6 is 11.6 Å². The summed E-state index contributed by atoms with van der Waals surface area (Å²) >= 11 is 6.02. The van der Waals surface area contributed by atoms with E-state index in [1.807, 2.05) is 38.1 Å². The Morgan fingerprint density at radius 1 is 0.951 bits per heavy atom. The molecule has 1 atom stereocenters. The van der Waals surface area contributed by atoms with E-state index in [4.69, 9.17) is 11.6 Å².